The highest BCUT2D eigenvalue weighted by molar-refractivity contribution is 5.69. The zero-order chi connectivity index (χ0) is 12.0. The lowest BCUT2D eigenvalue weighted by Gasteiger charge is -2.17. The van der Waals surface area contributed by atoms with Gasteiger partial charge < -0.3 is 11.1 Å². The predicted octanol–water partition coefficient (Wildman–Crippen LogP) is 3.96. The number of para-hydroxylation sites is 1. The molecule has 90 valence electrons. The quantitative estimate of drug-likeness (QED) is 0.562. The van der Waals surface area contributed by atoms with Gasteiger partial charge in [0.25, 0.3) is 0 Å². The van der Waals surface area contributed by atoms with Crippen molar-refractivity contribution in [2.75, 3.05) is 11.1 Å². The highest BCUT2D eigenvalue weighted by Gasteiger charge is 2.05. The molecular formula is C14H24N2. The molecule has 0 aliphatic carbocycles. The number of hydrogen-bond donors (Lipinski definition) is 2. The number of nitrogens with one attached hydrogen (secondary N) is 1. The predicted molar refractivity (Wildman–Crippen MR) is 72.8 cm³/mol. The maximum absolute atomic E-state index is 6.02. The summed E-state index contributed by atoms with van der Waals surface area (Å²) in [6, 6.07) is 6.64. The molecule has 0 aliphatic heterocycles. The second-order valence-electron chi connectivity index (χ2n) is 4.58. The molecule has 0 bridgehead atoms. The van der Waals surface area contributed by atoms with E-state index in [9.17, 15) is 0 Å². The van der Waals surface area contributed by atoms with E-state index in [-0.39, 0.29) is 0 Å². The van der Waals surface area contributed by atoms with Crippen LogP contribution in [0.4, 0.5) is 11.4 Å². The summed E-state index contributed by atoms with van der Waals surface area (Å²) < 4.78 is 0. The Hall–Kier alpha value is -1.18. The first-order chi connectivity index (χ1) is 7.65. The Kier molecular flexibility index (Phi) is 5.17. The van der Waals surface area contributed by atoms with Crippen LogP contribution in [-0.4, -0.2) is 6.04 Å². The Bertz CT molecular complexity index is 321. The number of unbranched alkanes of at least 4 members (excludes halogenated alkanes) is 2. The second kappa shape index (κ2) is 6.41. The summed E-state index contributed by atoms with van der Waals surface area (Å²) in [5.41, 5.74) is 9.12. The topological polar surface area (TPSA) is 38.0 Å². The average Bonchev–Trinajstić information content (AvgIpc) is 2.25. The molecular weight excluding hydrogens is 196 g/mol. The van der Waals surface area contributed by atoms with Gasteiger partial charge >= 0.3 is 0 Å². The van der Waals surface area contributed by atoms with Crippen molar-refractivity contribution in [3.63, 3.8) is 0 Å². The van der Waals surface area contributed by atoms with Crippen molar-refractivity contribution < 1.29 is 0 Å². The number of anilines is 2. The number of benzene rings is 1. The minimum Gasteiger partial charge on any atom is -0.397 e. The molecule has 0 saturated carbocycles. The number of nitrogens with two attached hydrogens (primary N) is 1. The molecule has 1 rings (SSSR count). The van der Waals surface area contributed by atoms with Gasteiger partial charge in [-0.1, -0.05) is 38.3 Å². The molecule has 16 heavy (non-hydrogen) atoms. The van der Waals surface area contributed by atoms with Gasteiger partial charge in [0, 0.05) is 6.04 Å². The fourth-order valence-electron chi connectivity index (χ4n) is 1.84. The number of aryl methyl sites for hydroxylation is 1. The van der Waals surface area contributed by atoms with E-state index in [0.29, 0.717) is 6.04 Å². The summed E-state index contributed by atoms with van der Waals surface area (Å²) in [6.45, 7) is 6.50. The first kappa shape index (κ1) is 12.9. The van der Waals surface area contributed by atoms with Crippen LogP contribution in [-0.2, 0) is 0 Å². The Morgan fingerprint density at radius 3 is 2.75 bits per heavy atom. The molecule has 0 aromatic heterocycles. The summed E-state index contributed by atoms with van der Waals surface area (Å²) in [5, 5.41) is 3.48. The lowest BCUT2D eigenvalue weighted by atomic mass is 10.1. The molecule has 1 atom stereocenters. The lowest BCUT2D eigenvalue weighted by Crippen LogP contribution is -2.16. The van der Waals surface area contributed by atoms with Crippen LogP contribution in [0.2, 0.25) is 0 Å². The zero-order valence-electron chi connectivity index (χ0n) is 10.7. The van der Waals surface area contributed by atoms with E-state index in [0.717, 1.165) is 16.9 Å². The van der Waals surface area contributed by atoms with Crippen molar-refractivity contribution in [1.29, 1.82) is 0 Å². The van der Waals surface area contributed by atoms with E-state index in [2.05, 4.69) is 25.2 Å². The van der Waals surface area contributed by atoms with E-state index in [1.165, 1.54) is 25.7 Å². The fraction of sp³-hybridized carbons (Fsp3) is 0.571. The van der Waals surface area contributed by atoms with Crippen LogP contribution in [0, 0.1) is 6.92 Å². The fourth-order valence-corrected chi connectivity index (χ4v) is 1.84. The first-order valence-electron chi connectivity index (χ1n) is 6.26. The van der Waals surface area contributed by atoms with Gasteiger partial charge in [-0.15, -0.1) is 0 Å². The molecule has 1 aromatic carbocycles. The number of nitrogen functional groups attached to an aromatic ring is 1. The van der Waals surface area contributed by atoms with Crippen LogP contribution in [0.3, 0.4) is 0 Å². The third-order valence-corrected chi connectivity index (χ3v) is 2.97. The van der Waals surface area contributed by atoms with Crippen molar-refractivity contribution in [2.24, 2.45) is 0 Å². The smallest absolute Gasteiger partial charge is 0.0579 e. The number of hydrogen-bond acceptors (Lipinski definition) is 2. The van der Waals surface area contributed by atoms with Gasteiger partial charge in [0.15, 0.2) is 0 Å². The molecule has 2 heteroatoms. The van der Waals surface area contributed by atoms with Crippen LogP contribution < -0.4 is 11.1 Å². The van der Waals surface area contributed by atoms with Crippen LogP contribution in [0.5, 0.6) is 0 Å². The van der Waals surface area contributed by atoms with Crippen LogP contribution >= 0.6 is 0 Å². The molecule has 0 saturated heterocycles. The number of rotatable bonds is 6. The maximum atomic E-state index is 6.02. The van der Waals surface area contributed by atoms with E-state index in [4.69, 9.17) is 5.73 Å². The summed E-state index contributed by atoms with van der Waals surface area (Å²) in [7, 11) is 0. The summed E-state index contributed by atoms with van der Waals surface area (Å²) in [6.07, 6.45) is 5.09. The lowest BCUT2D eigenvalue weighted by molar-refractivity contribution is 0.615. The van der Waals surface area contributed by atoms with Crippen molar-refractivity contribution >= 4 is 11.4 Å². The molecule has 0 fully saturated rings. The Labute approximate surface area is 99.2 Å². The molecule has 0 amide bonds. The SMILES string of the molecule is CCCCCC(C)Nc1cccc(C)c1N. The Morgan fingerprint density at radius 2 is 2.06 bits per heavy atom. The standard InChI is InChI=1S/C14H24N2/c1-4-5-6-9-12(3)16-13-10-7-8-11(2)14(13)15/h7-8,10,12,16H,4-6,9,15H2,1-3H3. The monoisotopic (exact) mass is 220 g/mol. The van der Waals surface area contributed by atoms with Crippen molar-refractivity contribution in [1.82, 2.24) is 0 Å². The largest absolute Gasteiger partial charge is 0.397 e. The summed E-state index contributed by atoms with van der Waals surface area (Å²) in [4.78, 5) is 0. The van der Waals surface area contributed by atoms with Gasteiger partial charge in [-0.05, 0) is 31.9 Å². The second-order valence-corrected chi connectivity index (χ2v) is 4.58. The summed E-state index contributed by atoms with van der Waals surface area (Å²) >= 11 is 0. The Morgan fingerprint density at radius 1 is 1.31 bits per heavy atom. The molecule has 0 heterocycles. The molecule has 1 unspecified atom stereocenters. The summed E-state index contributed by atoms with van der Waals surface area (Å²) in [5.74, 6) is 0. The molecule has 2 nitrogen and oxygen atoms in total. The molecule has 1 aromatic rings. The van der Waals surface area contributed by atoms with Crippen LogP contribution in [0.15, 0.2) is 18.2 Å². The highest BCUT2D eigenvalue weighted by atomic mass is 14.9. The van der Waals surface area contributed by atoms with Crippen LogP contribution in [0.25, 0.3) is 0 Å². The van der Waals surface area contributed by atoms with Gasteiger partial charge in [-0.3, -0.25) is 0 Å². The average molecular weight is 220 g/mol. The van der Waals surface area contributed by atoms with Crippen LogP contribution in [0.1, 0.15) is 45.1 Å². The molecule has 0 radical (unpaired) electrons. The molecule has 0 spiro atoms. The minimum absolute atomic E-state index is 0.496. The van der Waals surface area contributed by atoms with Gasteiger partial charge in [-0.2, -0.15) is 0 Å². The third kappa shape index (κ3) is 3.76. The maximum Gasteiger partial charge on any atom is 0.0579 e. The van der Waals surface area contributed by atoms with Gasteiger partial charge in [0.05, 0.1) is 11.4 Å². The van der Waals surface area contributed by atoms with Gasteiger partial charge in [0.2, 0.25) is 0 Å². The van der Waals surface area contributed by atoms with E-state index in [1.807, 2.05) is 19.1 Å². The first-order valence-corrected chi connectivity index (χ1v) is 6.26. The van der Waals surface area contributed by atoms with Gasteiger partial charge in [-0.25, -0.2) is 0 Å². The molecule has 3 N–H and O–H groups in total. The minimum atomic E-state index is 0.496. The van der Waals surface area contributed by atoms with E-state index in [1.54, 1.807) is 0 Å². The van der Waals surface area contributed by atoms with Crippen molar-refractivity contribution in [3.8, 4) is 0 Å². The van der Waals surface area contributed by atoms with Crippen molar-refractivity contribution in [3.05, 3.63) is 23.8 Å². The Balaban J connectivity index is 2.49. The van der Waals surface area contributed by atoms with E-state index < -0.39 is 0 Å². The molecule has 0 aliphatic rings. The third-order valence-electron chi connectivity index (χ3n) is 2.97. The zero-order valence-corrected chi connectivity index (χ0v) is 10.7. The van der Waals surface area contributed by atoms with E-state index >= 15 is 0 Å². The highest BCUT2D eigenvalue weighted by Crippen LogP contribution is 2.23. The normalized spacial score (nSPS) is 12.4. The van der Waals surface area contributed by atoms with Crippen molar-refractivity contribution in [2.45, 2.75) is 52.5 Å². The van der Waals surface area contributed by atoms with Gasteiger partial charge in [0.1, 0.15) is 0 Å².